The van der Waals surface area contributed by atoms with Crippen LogP contribution in [0.1, 0.15) is 24.1 Å². The molecule has 3 rings (SSSR count). The van der Waals surface area contributed by atoms with E-state index in [2.05, 4.69) is 21.2 Å². The zero-order chi connectivity index (χ0) is 19.2. The lowest BCUT2D eigenvalue weighted by atomic mass is 10.2. The van der Waals surface area contributed by atoms with E-state index >= 15 is 0 Å². The van der Waals surface area contributed by atoms with Crippen molar-refractivity contribution in [3.63, 3.8) is 0 Å². The van der Waals surface area contributed by atoms with Crippen LogP contribution in [0.2, 0.25) is 0 Å². The minimum Gasteiger partial charge on any atom is -0.357 e. The molecule has 10 heteroatoms. The Balaban J connectivity index is 1.40. The molecule has 27 heavy (non-hydrogen) atoms. The van der Waals surface area contributed by atoms with Gasteiger partial charge in [0.2, 0.25) is 11.8 Å². The maximum Gasteiger partial charge on any atom is 0.244 e. The summed E-state index contributed by atoms with van der Waals surface area (Å²) >= 11 is 6.44. The van der Waals surface area contributed by atoms with Crippen LogP contribution in [-0.2, 0) is 22.6 Å². The molecule has 0 radical (unpaired) electrons. The number of amides is 2. The predicted octanol–water partition coefficient (Wildman–Crippen LogP) is 1.65. The number of anilines is 1. The third kappa shape index (κ3) is 5.44. The van der Waals surface area contributed by atoms with Crippen LogP contribution >= 0.6 is 23.6 Å². The van der Waals surface area contributed by atoms with E-state index in [4.69, 9.17) is 12.2 Å². The number of carbonyl (C=O) groups excluding carboxylic acids is 2. The maximum absolute atomic E-state index is 12.9. The summed E-state index contributed by atoms with van der Waals surface area (Å²) in [6.07, 6.45) is 1.45. The molecule has 1 aliphatic rings. The van der Waals surface area contributed by atoms with Crippen LogP contribution in [0.4, 0.5) is 9.52 Å². The number of aromatic nitrogens is 1. The summed E-state index contributed by atoms with van der Waals surface area (Å²) in [5.74, 6) is -0.531. The minimum atomic E-state index is -0.300. The Morgan fingerprint density at radius 1 is 1.30 bits per heavy atom. The summed E-state index contributed by atoms with van der Waals surface area (Å²) in [5, 5.41) is 5.55. The zero-order valence-electron chi connectivity index (χ0n) is 14.3. The van der Waals surface area contributed by atoms with Crippen LogP contribution in [-0.4, -0.2) is 28.5 Å². The second-order valence-electron chi connectivity index (χ2n) is 5.93. The summed E-state index contributed by atoms with van der Waals surface area (Å²) in [5.41, 5.74) is 6.56. The van der Waals surface area contributed by atoms with Gasteiger partial charge in [0.15, 0.2) is 10.2 Å². The Morgan fingerprint density at radius 2 is 2.07 bits per heavy atom. The van der Waals surface area contributed by atoms with Crippen molar-refractivity contribution in [3.8, 4) is 0 Å². The van der Waals surface area contributed by atoms with Gasteiger partial charge in [-0.05, 0) is 36.3 Å². The number of benzene rings is 1. The van der Waals surface area contributed by atoms with Gasteiger partial charge in [0.05, 0.1) is 12.1 Å². The molecule has 0 bridgehead atoms. The molecule has 0 spiro atoms. The number of halogens is 1. The van der Waals surface area contributed by atoms with Gasteiger partial charge in [-0.25, -0.2) is 9.37 Å². The number of hydrogen-bond acceptors (Lipinski definition) is 5. The summed E-state index contributed by atoms with van der Waals surface area (Å²) in [6, 6.07) is 6.03. The molecule has 1 aliphatic heterocycles. The van der Waals surface area contributed by atoms with Crippen LogP contribution in [0.5, 0.6) is 0 Å². The number of thiocarbonyl (C=S) groups is 1. The van der Waals surface area contributed by atoms with E-state index in [1.807, 2.05) is 0 Å². The molecule has 0 unspecified atom stereocenters. The van der Waals surface area contributed by atoms with Crippen LogP contribution in [0.25, 0.3) is 0 Å². The monoisotopic (exact) mass is 407 g/mol. The second kappa shape index (κ2) is 8.87. The number of nitrogens with one attached hydrogen (secondary N) is 3. The molecule has 0 atom stereocenters. The van der Waals surface area contributed by atoms with Crippen LogP contribution in [0, 0.1) is 5.82 Å². The minimum absolute atomic E-state index is 0.0691. The van der Waals surface area contributed by atoms with Crippen LogP contribution in [0.3, 0.4) is 0 Å². The Labute approximate surface area is 164 Å². The highest BCUT2D eigenvalue weighted by atomic mass is 32.1. The zero-order valence-corrected chi connectivity index (χ0v) is 16.0. The maximum atomic E-state index is 12.9. The standard InChI is InChI=1S/C17H18FN5O2S2/c18-12-5-3-11(4-6-12)9-19-16(26)22-21-14(24)8-13-10-27-17(20-13)23-7-1-2-15(23)25/h3-6,10H,1-2,7-9H2,(H,21,24)(H2,19,22,26). The van der Waals surface area contributed by atoms with Crippen molar-refractivity contribution in [3.05, 3.63) is 46.7 Å². The van der Waals surface area contributed by atoms with Crippen molar-refractivity contribution in [1.82, 2.24) is 21.2 Å². The van der Waals surface area contributed by atoms with Gasteiger partial charge in [0.25, 0.3) is 0 Å². The normalized spacial score (nSPS) is 13.5. The molecule has 3 N–H and O–H groups in total. The molecule has 0 aliphatic carbocycles. The molecule has 2 aromatic rings. The summed E-state index contributed by atoms with van der Waals surface area (Å²) < 4.78 is 12.9. The van der Waals surface area contributed by atoms with Gasteiger partial charge < -0.3 is 5.32 Å². The van der Waals surface area contributed by atoms with Gasteiger partial charge in [0.1, 0.15) is 5.82 Å². The first-order chi connectivity index (χ1) is 13.0. The molecule has 1 fully saturated rings. The van der Waals surface area contributed by atoms with E-state index in [1.165, 1.54) is 23.5 Å². The summed E-state index contributed by atoms with van der Waals surface area (Å²) in [6.45, 7) is 1.08. The fourth-order valence-corrected chi connectivity index (χ4v) is 3.51. The first-order valence-corrected chi connectivity index (χ1v) is 9.62. The van der Waals surface area contributed by atoms with E-state index < -0.39 is 0 Å². The lowest BCUT2D eigenvalue weighted by molar-refractivity contribution is -0.121. The van der Waals surface area contributed by atoms with Gasteiger partial charge in [-0.15, -0.1) is 11.3 Å². The molecule has 2 amide bonds. The van der Waals surface area contributed by atoms with Crippen molar-refractivity contribution in [1.29, 1.82) is 0 Å². The average molecular weight is 407 g/mol. The van der Waals surface area contributed by atoms with E-state index in [0.29, 0.717) is 30.3 Å². The van der Waals surface area contributed by atoms with Crippen LogP contribution in [0.15, 0.2) is 29.6 Å². The van der Waals surface area contributed by atoms with E-state index in [0.717, 1.165) is 12.0 Å². The number of carbonyl (C=O) groups is 2. The van der Waals surface area contributed by atoms with Gasteiger partial charge >= 0.3 is 0 Å². The highest BCUT2D eigenvalue weighted by Crippen LogP contribution is 2.25. The Morgan fingerprint density at radius 3 is 2.78 bits per heavy atom. The molecule has 1 saturated heterocycles. The van der Waals surface area contributed by atoms with E-state index in [-0.39, 0.29) is 29.2 Å². The molecule has 1 aromatic heterocycles. The Bertz CT molecular complexity index is 840. The highest BCUT2D eigenvalue weighted by Gasteiger charge is 2.24. The fraction of sp³-hybridized carbons (Fsp3) is 0.294. The van der Waals surface area contributed by atoms with Gasteiger partial charge in [0, 0.05) is 24.9 Å². The molecule has 7 nitrogen and oxygen atoms in total. The predicted molar refractivity (Wildman–Crippen MR) is 105 cm³/mol. The fourth-order valence-electron chi connectivity index (χ4n) is 2.52. The van der Waals surface area contributed by atoms with Crippen molar-refractivity contribution < 1.29 is 14.0 Å². The lowest BCUT2D eigenvalue weighted by Crippen LogP contribution is -2.47. The lowest BCUT2D eigenvalue weighted by Gasteiger charge is -2.11. The van der Waals surface area contributed by atoms with Gasteiger partial charge in [-0.1, -0.05) is 12.1 Å². The first kappa shape index (κ1) is 19.2. The van der Waals surface area contributed by atoms with E-state index in [1.54, 1.807) is 22.4 Å². The average Bonchev–Trinajstić information content (AvgIpc) is 3.28. The van der Waals surface area contributed by atoms with E-state index in [9.17, 15) is 14.0 Å². The quantitative estimate of drug-likeness (QED) is 0.516. The number of thiazole rings is 1. The number of hydrogen-bond donors (Lipinski definition) is 3. The topological polar surface area (TPSA) is 86.4 Å². The first-order valence-electron chi connectivity index (χ1n) is 8.33. The summed E-state index contributed by atoms with van der Waals surface area (Å²) in [4.78, 5) is 29.7. The number of hydrazine groups is 1. The molecule has 142 valence electrons. The Kier molecular flexibility index (Phi) is 6.30. The number of rotatable bonds is 5. The molecular weight excluding hydrogens is 389 g/mol. The van der Waals surface area contributed by atoms with Crippen molar-refractivity contribution in [2.24, 2.45) is 0 Å². The largest absolute Gasteiger partial charge is 0.357 e. The van der Waals surface area contributed by atoms with Crippen molar-refractivity contribution >= 4 is 45.6 Å². The molecule has 1 aromatic carbocycles. The second-order valence-corrected chi connectivity index (χ2v) is 7.17. The summed E-state index contributed by atoms with van der Waals surface area (Å²) in [7, 11) is 0. The third-order valence-electron chi connectivity index (χ3n) is 3.87. The third-order valence-corrected chi connectivity index (χ3v) is 5.03. The highest BCUT2D eigenvalue weighted by molar-refractivity contribution is 7.80. The van der Waals surface area contributed by atoms with Crippen molar-refractivity contribution in [2.45, 2.75) is 25.8 Å². The van der Waals surface area contributed by atoms with Gasteiger partial charge in [-0.2, -0.15) is 0 Å². The van der Waals surface area contributed by atoms with Crippen LogP contribution < -0.4 is 21.1 Å². The SMILES string of the molecule is O=C(Cc1csc(N2CCCC2=O)n1)NNC(=S)NCc1ccc(F)cc1. The molecule has 2 heterocycles. The smallest absolute Gasteiger partial charge is 0.244 e. The molecular formula is C17H18FN5O2S2. The van der Waals surface area contributed by atoms with Gasteiger partial charge in [-0.3, -0.25) is 25.3 Å². The number of nitrogens with zero attached hydrogens (tertiary/aromatic N) is 2. The van der Waals surface area contributed by atoms with Crippen molar-refractivity contribution in [2.75, 3.05) is 11.4 Å². The Hall–Kier alpha value is -2.59. The molecule has 0 saturated carbocycles.